The molecule has 0 fully saturated rings. The van der Waals surface area contributed by atoms with E-state index in [1.807, 2.05) is 24.3 Å². The number of rotatable bonds is 4. The number of aryl methyl sites for hydroxylation is 1. The molecule has 14 heavy (non-hydrogen) atoms. The van der Waals surface area contributed by atoms with Crippen molar-refractivity contribution in [2.75, 3.05) is 0 Å². The molecule has 0 spiro atoms. The molecule has 1 aromatic carbocycles. The van der Waals surface area contributed by atoms with Gasteiger partial charge >= 0.3 is 12.9 Å². The smallest absolute Gasteiger partial charge is 0.320 e. The molecule has 0 unspecified atom stereocenters. The van der Waals surface area contributed by atoms with Gasteiger partial charge in [-0.05, 0) is 17.4 Å². The van der Waals surface area contributed by atoms with Crippen molar-refractivity contribution in [1.29, 1.82) is 0 Å². The Labute approximate surface area is 83.5 Å². The van der Waals surface area contributed by atoms with Crippen LogP contribution in [0.15, 0.2) is 24.3 Å². The van der Waals surface area contributed by atoms with Crippen LogP contribution in [-0.2, 0) is 11.2 Å². The van der Waals surface area contributed by atoms with Gasteiger partial charge in [0.2, 0.25) is 0 Å². The largest absolute Gasteiger partial charge is 0.481 e. The van der Waals surface area contributed by atoms with Crippen molar-refractivity contribution in [1.82, 2.24) is 0 Å². The van der Waals surface area contributed by atoms with Crippen LogP contribution in [0, 0.1) is 0 Å². The zero-order valence-corrected chi connectivity index (χ0v) is 8.10. The summed E-state index contributed by atoms with van der Waals surface area (Å²) in [6.45, 7) is 1.23. The molecule has 0 radical (unpaired) electrons. The maximum Gasteiger partial charge on any atom is 0.320 e. The van der Waals surface area contributed by atoms with Gasteiger partial charge < -0.3 is 10.1 Å². The Morgan fingerprint density at radius 3 is 2.36 bits per heavy atom. The molecule has 0 aliphatic carbocycles. The predicted molar refractivity (Wildman–Crippen MR) is 55.9 cm³/mol. The maximum atomic E-state index is 10.3. The topological polar surface area (TPSA) is 57.5 Å². The molecular formula is C10H13BO3. The van der Waals surface area contributed by atoms with E-state index in [0.29, 0.717) is 6.42 Å². The van der Waals surface area contributed by atoms with E-state index in [4.69, 9.17) is 5.11 Å². The van der Waals surface area contributed by atoms with Crippen molar-refractivity contribution < 1.29 is 14.9 Å². The van der Waals surface area contributed by atoms with E-state index in [1.54, 1.807) is 6.82 Å². The number of carboxylic acid groups (broad SMARTS) is 1. The lowest BCUT2D eigenvalue weighted by Gasteiger charge is -2.02. The predicted octanol–water partition coefficient (Wildman–Crippen LogP) is 0.524. The third kappa shape index (κ3) is 3.22. The minimum absolute atomic E-state index is 0.147. The van der Waals surface area contributed by atoms with Gasteiger partial charge in [-0.25, -0.2) is 0 Å². The first-order valence-corrected chi connectivity index (χ1v) is 4.58. The second-order valence-corrected chi connectivity index (χ2v) is 3.31. The van der Waals surface area contributed by atoms with Crippen LogP contribution in [0.25, 0.3) is 0 Å². The Balaban J connectivity index is 2.59. The Morgan fingerprint density at radius 2 is 1.93 bits per heavy atom. The highest BCUT2D eigenvalue weighted by Gasteiger charge is 2.05. The van der Waals surface area contributed by atoms with E-state index in [2.05, 4.69) is 0 Å². The Hall–Kier alpha value is -1.29. The van der Waals surface area contributed by atoms with Crippen LogP contribution in [0.5, 0.6) is 0 Å². The molecule has 0 heterocycles. The molecule has 3 nitrogen and oxygen atoms in total. The lowest BCUT2D eigenvalue weighted by atomic mass is 9.64. The van der Waals surface area contributed by atoms with Crippen LogP contribution in [0.2, 0.25) is 6.82 Å². The zero-order valence-electron chi connectivity index (χ0n) is 8.10. The fourth-order valence-electron chi connectivity index (χ4n) is 1.21. The summed E-state index contributed by atoms with van der Waals surface area (Å²) in [6, 6.07) is 7.35. The first-order chi connectivity index (χ1) is 6.59. The Morgan fingerprint density at radius 1 is 1.36 bits per heavy atom. The van der Waals surface area contributed by atoms with Gasteiger partial charge in [-0.1, -0.05) is 31.1 Å². The van der Waals surface area contributed by atoms with E-state index >= 15 is 0 Å². The van der Waals surface area contributed by atoms with E-state index in [9.17, 15) is 9.82 Å². The third-order valence-electron chi connectivity index (χ3n) is 2.09. The molecule has 0 aliphatic rings. The normalized spacial score (nSPS) is 9.86. The number of benzene rings is 1. The molecule has 74 valence electrons. The van der Waals surface area contributed by atoms with E-state index in [-0.39, 0.29) is 6.42 Å². The minimum atomic E-state index is -0.787. The summed E-state index contributed by atoms with van der Waals surface area (Å²) in [5.74, 6) is -0.787. The average molecular weight is 192 g/mol. The molecule has 0 atom stereocenters. The van der Waals surface area contributed by atoms with Gasteiger partial charge in [0.15, 0.2) is 0 Å². The molecule has 2 N–H and O–H groups in total. The van der Waals surface area contributed by atoms with Gasteiger partial charge in [0.05, 0.1) is 0 Å². The Bertz CT molecular complexity index is 306. The minimum Gasteiger partial charge on any atom is -0.481 e. The van der Waals surface area contributed by atoms with Crippen LogP contribution < -0.4 is 5.46 Å². The molecule has 0 aliphatic heterocycles. The molecule has 1 aromatic rings. The maximum absolute atomic E-state index is 10.3. The highest BCUT2D eigenvalue weighted by atomic mass is 16.4. The van der Waals surface area contributed by atoms with Crippen molar-refractivity contribution in [2.45, 2.75) is 19.7 Å². The number of hydrogen-bond donors (Lipinski definition) is 2. The molecular weight excluding hydrogens is 179 g/mol. The molecule has 0 amide bonds. The van der Waals surface area contributed by atoms with Gasteiger partial charge in [0.1, 0.15) is 0 Å². The lowest BCUT2D eigenvalue weighted by Crippen LogP contribution is -2.25. The summed E-state index contributed by atoms with van der Waals surface area (Å²) < 4.78 is 0. The summed E-state index contributed by atoms with van der Waals surface area (Å²) in [7, 11) is 0. The van der Waals surface area contributed by atoms with Gasteiger partial charge in [-0.3, -0.25) is 4.79 Å². The third-order valence-corrected chi connectivity index (χ3v) is 2.09. The lowest BCUT2D eigenvalue weighted by molar-refractivity contribution is -0.136. The van der Waals surface area contributed by atoms with Crippen molar-refractivity contribution in [2.24, 2.45) is 0 Å². The molecule has 4 heteroatoms. The van der Waals surface area contributed by atoms with Gasteiger partial charge in [0, 0.05) is 6.42 Å². The second-order valence-electron chi connectivity index (χ2n) is 3.31. The van der Waals surface area contributed by atoms with Crippen molar-refractivity contribution in [3.05, 3.63) is 29.8 Å². The van der Waals surface area contributed by atoms with Crippen molar-refractivity contribution in [3.8, 4) is 0 Å². The fourth-order valence-corrected chi connectivity index (χ4v) is 1.21. The van der Waals surface area contributed by atoms with E-state index < -0.39 is 12.9 Å². The molecule has 0 aromatic heterocycles. The monoisotopic (exact) mass is 192 g/mol. The highest BCUT2D eigenvalue weighted by molar-refractivity contribution is 6.64. The van der Waals surface area contributed by atoms with Crippen LogP contribution in [-0.4, -0.2) is 23.0 Å². The summed E-state index contributed by atoms with van der Waals surface area (Å²) in [6.07, 6.45) is 0.684. The number of carbonyl (C=O) groups is 1. The number of aliphatic carboxylic acids is 1. The average Bonchev–Trinajstić information content (AvgIpc) is 2.15. The van der Waals surface area contributed by atoms with Gasteiger partial charge in [-0.15, -0.1) is 0 Å². The number of hydrogen-bond acceptors (Lipinski definition) is 2. The highest BCUT2D eigenvalue weighted by Crippen LogP contribution is 2.01. The van der Waals surface area contributed by atoms with Crippen LogP contribution in [0.1, 0.15) is 12.0 Å². The second kappa shape index (κ2) is 4.81. The van der Waals surface area contributed by atoms with Crippen LogP contribution in [0.3, 0.4) is 0 Å². The van der Waals surface area contributed by atoms with Gasteiger partial charge in [0.25, 0.3) is 0 Å². The first-order valence-electron chi connectivity index (χ1n) is 4.58. The first kappa shape index (κ1) is 10.8. The summed E-state index contributed by atoms with van der Waals surface area (Å²) in [5.41, 5.74) is 1.83. The molecule has 0 bridgehead atoms. The standard InChI is InChI=1S/C10H13BO3/c1-11(14)9-5-2-8(3-6-9)4-7-10(12)13/h2-3,5-6,14H,4,7H2,1H3,(H,12,13). The van der Waals surface area contributed by atoms with Gasteiger partial charge in [-0.2, -0.15) is 0 Å². The fraction of sp³-hybridized carbons (Fsp3) is 0.300. The summed E-state index contributed by atoms with van der Waals surface area (Å²) >= 11 is 0. The summed E-state index contributed by atoms with van der Waals surface area (Å²) in [4.78, 5) is 10.3. The van der Waals surface area contributed by atoms with Crippen molar-refractivity contribution in [3.63, 3.8) is 0 Å². The van der Waals surface area contributed by atoms with Crippen LogP contribution >= 0.6 is 0 Å². The molecule has 0 saturated heterocycles. The Kier molecular flexibility index (Phi) is 3.71. The SMILES string of the molecule is CB(O)c1ccc(CCC(=O)O)cc1. The number of carboxylic acids is 1. The van der Waals surface area contributed by atoms with E-state index in [1.165, 1.54) is 0 Å². The quantitative estimate of drug-likeness (QED) is 0.684. The molecule has 1 rings (SSSR count). The van der Waals surface area contributed by atoms with E-state index in [0.717, 1.165) is 11.0 Å². The summed E-state index contributed by atoms with van der Waals surface area (Å²) in [5, 5.41) is 17.7. The molecule has 0 saturated carbocycles. The van der Waals surface area contributed by atoms with Crippen LogP contribution in [0.4, 0.5) is 0 Å². The van der Waals surface area contributed by atoms with Crippen molar-refractivity contribution >= 4 is 18.3 Å². The zero-order chi connectivity index (χ0) is 10.6.